The van der Waals surface area contributed by atoms with Crippen molar-refractivity contribution in [3.05, 3.63) is 92.0 Å². The summed E-state index contributed by atoms with van der Waals surface area (Å²) in [5, 5.41) is 26.0. The van der Waals surface area contributed by atoms with Crippen LogP contribution in [0.15, 0.2) is 70.7 Å². The second-order valence-corrected chi connectivity index (χ2v) is 8.39. The maximum Gasteiger partial charge on any atom is 0.339 e. The van der Waals surface area contributed by atoms with E-state index >= 15 is 0 Å². The number of nitro benzene ring substituents is 2. The molecular formula is C21H18N4O8S. The summed E-state index contributed by atoms with van der Waals surface area (Å²) in [6, 6.07) is 13.6. The topological polar surface area (TPSA) is 163 Å². The minimum absolute atomic E-state index is 0.0358. The molecule has 12 nitrogen and oxygen atoms in total. The quantitative estimate of drug-likeness (QED) is 0.203. The van der Waals surface area contributed by atoms with Gasteiger partial charge in [-0.25, -0.2) is 0 Å². The van der Waals surface area contributed by atoms with E-state index in [4.69, 9.17) is 8.92 Å². The lowest BCUT2D eigenvalue weighted by Gasteiger charge is -2.11. The van der Waals surface area contributed by atoms with Gasteiger partial charge in [0.25, 0.3) is 5.69 Å². The highest BCUT2D eigenvalue weighted by molar-refractivity contribution is 7.87. The lowest BCUT2D eigenvalue weighted by atomic mass is 10.2. The van der Waals surface area contributed by atoms with Crippen LogP contribution >= 0.6 is 0 Å². The SMILES string of the molecule is COc1ccc(/C=N\Nc2ccc([N+](=O)[O-])cc2[N+](=O)[O-])cc1OS(=O)(=O)c1ccc(C)cc1. The molecular weight excluding hydrogens is 468 g/mol. The number of non-ortho nitro benzene ring substituents is 1. The largest absolute Gasteiger partial charge is 0.493 e. The lowest BCUT2D eigenvalue weighted by Crippen LogP contribution is -2.10. The lowest BCUT2D eigenvalue weighted by molar-refractivity contribution is -0.393. The number of aryl methyl sites for hydroxylation is 1. The van der Waals surface area contributed by atoms with E-state index < -0.39 is 31.3 Å². The van der Waals surface area contributed by atoms with Gasteiger partial charge in [0, 0.05) is 6.07 Å². The number of methoxy groups -OCH3 is 1. The molecule has 0 amide bonds. The Balaban J connectivity index is 1.84. The van der Waals surface area contributed by atoms with Gasteiger partial charge in [-0.3, -0.25) is 25.7 Å². The van der Waals surface area contributed by atoms with Crippen LogP contribution in [0.3, 0.4) is 0 Å². The molecule has 1 N–H and O–H groups in total. The van der Waals surface area contributed by atoms with Crippen molar-refractivity contribution in [3.63, 3.8) is 0 Å². The predicted octanol–water partition coefficient (Wildman–Crippen LogP) is 4.03. The molecule has 0 aliphatic heterocycles. The van der Waals surface area contributed by atoms with Gasteiger partial charge in [-0.05, 0) is 48.9 Å². The molecule has 0 unspecified atom stereocenters. The number of hydrogen-bond acceptors (Lipinski definition) is 10. The first-order chi connectivity index (χ1) is 16.1. The number of benzene rings is 3. The Hall–Kier alpha value is -4.52. The van der Waals surface area contributed by atoms with E-state index in [1.54, 1.807) is 18.2 Å². The molecule has 0 aromatic heterocycles. The van der Waals surface area contributed by atoms with Crippen LogP contribution in [0.5, 0.6) is 11.5 Å². The Kier molecular flexibility index (Phi) is 7.06. The average molecular weight is 486 g/mol. The molecule has 0 aliphatic carbocycles. The predicted molar refractivity (Wildman–Crippen MR) is 123 cm³/mol. The molecule has 13 heteroatoms. The fourth-order valence-electron chi connectivity index (χ4n) is 2.77. The number of rotatable bonds is 9. The van der Waals surface area contributed by atoms with Gasteiger partial charge in [-0.15, -0.1) is 0 Å². The van der Waals surface area contributed by atoms with E-state index in [1.165, 1.54) is 37.6 Å². The molecule has 3 aromatic carbocycles. The Morgan fingerprint density at radius 2 is 1.65 bits per heavy atom. The van der Waals surface area contributed by atoms with Crippen LogP contribution < -0.4 is 14.3 Å². The molecule has 0 fully saturated rings. The third-order valence-electron chi connectivity index (χ3n) is 4.48. The molecule has 0 saturated heterocycles. The standard InChI is InChI=1S/C21H18N4O8S/c1-14-3-7-17(8-4-14)34(30,31)33-21-11-15(5-10-20(21)32-2)13-22-23-18-9-6-16(24(26)27)12-19(18)25(28)29/h3-13,23H,1-2H3/b22-13-. The van der Waals surface area contributed by atoms with Gasteiger partial charge in [0.2, 0.25) is 0 Å². The average Bonchev–Trinajstić information content (AvgIpc) is 2.79. The molecule has 176 valence electrons. The van der Waals surface area contributed by atoms with E-state index in [-0.39, 0.29) is 22.1 Å². The van der Waals surface area contributed by atoms with Crippen molar-refractivity contribution in [3.8, 4) is 11.5 Å². The van der Waals surface area contributed by atoms with E-state index in [2.05, 4.69) is 10.5 Å². The maximum atomic E-state index is 12.6. The number of nitrogens with zero attached hydrogens (tertiary/aromatic N) is 3. The normalized spacial score (nSPS) is 11.2. The minimum Gasteiger partial charge on any atom is -0.493 e. The first kappa shape index (κ1) is 24.1. The van der Waals surface area contributed by atoms with Crippen molar-refractivity contribution in [2.24, 2.45) is 5.10 Å². The van der Waals surface area contributed by atoms with Gasteiger partial charge in [0.1, 0.15) is 10.6 Å². The van der Waals surface area contributed by atoms with Gasteiger partial charge >= 0.3 is 15.8 Å². The molecule has 0 spiro atoms. The van der Waals surface area contributed by atoms with Gasteiger partial charge in [-0.2, -0.15) is 13.5 Å². The highest BCUT2D eigenvalue weighted by Gasteiger charge is 2.20. The van der Waals surface area contributed by atoms with E-state index in [9.17, 15) is 28.6 Å². The van der Waals surface area contributed by atoms with Crippen LogP contribution in [-0.4, -0.2) is 31.6 Å². The Labute approximate surface area is 193 Å². The van der Waals surface area contributed by atoms with Gasteiger partial charge in [0.05, 0.1) is 29.2 Å². The van der Waals surface area contributed by atoms with Crippen molar-refractivity contribution in [2.75, 3.05) is 12.5 Å². The summed E-state index contributed by atoms with van der Waals surface area (Å²) in [5.41, 5.74) is 2.68. The number of nitrogens with one attached hydrogen (secondary N) is 1. The van der Waals surface area contributed by atoms with E-state index in [0.29, 0.717) is 5.56 Å². The Bertz CT molecular complexity index is 1370. The summed E-state index contributed by atoms with van der Waals surface area (Å²) in [4.78, 5) is 20.5. The van der Waals surface area contributed by atoms with Crippen molar-refractivity contribution in [1.29, 1.82) is 0 Å². The molecule has 0 aliphatic rings. The third-order valence-corrected chi connectivity index (χ3v) is 5.73. The summed E-state index contributed by atoms with van der Waals surface area (Å²) in [6.07, 6.45) is 1.26. The number of hydrogen-bond donors (Lipinski definition) is 1. The summed E-state index contributed by atoms with van der Waals surface area (Å²) in [7, 11) is -2.79. The zero-order valence-electron chi connectivity index (χ0n) is 17.9. The third kappa shape index (κ3) is 5.63. The van der Waals surface area contributed by atoms with Crippen molar-refractivity contribution in [1.82, 2.24) is 0 Å². The van der Waals surface area contributed by atoms with Gasteiger partial charge in [0.15, 0.2) is 11.5 Å². The smallest absolute Gasteiger partial charge is 0.339 e. The summed E-state index contributed by atoms with van der Waals surface area (Å²) < 4.78 is 35.7. The van der Waals surface area contributed by atoms with Crippen molar-refractivity contribution < 1.29 is 27.2 Å². The van der Waals surface area contributed by atoms with Gasteiger partial charge < -0.3 is 8.92 Å². The van der Waals surface area contributed by atoms with Crippen LogP contribution in [-0.2, 0) is 10.1 Å². The Morgan fingerprint density at radius 1 is 0.941 bits per heavy atom. The highest BCUT2D eigenvalue weighted by Crippen LogP contribution is 2.31. The first-order valence-corrected chi connectivity index (χ1v) is 10.9. The molecule has 0 bridgehead atoms. The van der Waals surface area contributed by atoms with Crippen LogP contribution in [0, 0.1) is 27.2 Å². The number of nitro groups is 2. The summed E-state index contributed by atoms with van der Waals surface area (Å²) in [6.45, 7) is 1.82. The van der Waals surface area contributed by atoms with E-state index in [0.717, 1.165) is 23.8 Å². The summed E-state index contributed by atoms with van der Waals surface area (Å²) >= 11 is 0. The molecule has 3 aromatic rings. The van der Waals surface area contributed by atoms with Crippen LogP contribution in [0.25, 0.3) is 0 Å². The van der Waals surface area contributed by atoms with Crippen molar-refractivity contribution >= 4 is 33.4 Å². The number of anilines is 1. The first-order valence-electron chi connectivity index (χ1n) is 9.52. The summed E-state index contributed by atoms with van der Waals surface area (Å²) in [5.74, 6) is 0.0696. The second-order valence-electron chi connectivity index (χ2n) is 6.85. The maximum absolute atomic E-state index is 12.6. The fraction of sp³-hybridized carbons (Fsp3) is 0.0952. The van der Waals surface area contributed by atoms with Crippen molar-refractivity contribution in [2.45, 2.75) is 11.8 Å². The molecule has 0 heterocycles. The highest BCUT2D eigenvalue weighted by atomic mass is 32.2. The zero-order valence-corrected chi connectivity index (χ0v) is 18.7. The molecule has 0 radical (unpaired) electrons. The number of ether oxygens (including phenoxy) is 1. The molecule has 34 heavy (non-hydrogen) atoms. The Morgan fingerprint density at radius 3 is 2.26 bits per heavy atom. The van der Waals surface area contributed by atoms with Gasteiger partial charge in [-0.1, -0.05) is 17.7 Å². The zero-order chi connectivity index (χ0) is 24.9. The second kappa shape index (κ2) is 9.95. The fourth-order valence-corrected chi connectivity index (χ4v) is 3.70. The minimum atomic E-state index is -4.14. The van der Waals surface area contributed by atoms with Crippen LogP contribution in [0.1, 0.15) is 11.1 Å². The van der Waals surface area contributed by atoms with Crippen LogP contribution in [0.2, 0.25) is 0 Å². The molecule has 0 atom stereocenters. The molecule has 3 rings (SSSR count). The molecule has 0 saturated carbocycles. The van der Waals surface area contributed by atoms with Crippen LogP contribution in [0.4, 0.5) is 17.1 Å². The van der Waals surface area contributed by atoms with E-state index in [1.807, 2.05) is 6.92 Å². The number of hydrazone groups is 1. The monoisotopic (exact) mass is 486 g/mol.